The molecule has 0 aliphatic heterocycles. The van der Waals surface area contributed by atoms with Crippen LogP contribution in [-0.4, -0.2) is 70.6 Å². The predicted molar refractivity (Wildman–Crippen MR) is 145 cm³/mol. The fourth-order valence-electron chi connectivity index (χ4n) is 4.94. The highest BCUT2D eigenvalue weighted by atomic mass is 19.4. The molecule has 1 fully saturated rings. The zero-order valence-electron chi connectivity index (χ0n) is 23.5. The monoisotopic (exact) mass is 641 g/mol. The number of anilines is 2. The van der Waals surface area contributed by atoms with E-state index in [-0.39, 0.29) is 22.5 Å². The summed E-state index contributed by atoms with van der Waals surface area (Å²) in [5, 5.41) is 12.8. The number of carbonyl (C=O) groups excluding carboxylic acids is 1. The first-order valence-corrected chi connectivity index (χ1v) is 13.6. The van der Waals surface area contributed by atoms with Crippen molar-refractivity contribution in [3.63, 3.8) is 0 Å². The van der Waals surface area contributed by atoms with E-state index in [1.807, 2.05) is 0 Å². The molecule has 4 aromatic rings. The summed E-state index contributed by atoms with van der Waals surface area (Å²) in [5.41, 5.74) is -1.13. The first-order valence-electron chi connectivity index (χ1n) is 13.6. The largest absolute Gasteiger partial charge is 0.420 e. The van der Waals surface area contributed by atoms with Crippen molar-refractivity contribution in [2.45, 2.75) is 56.9 Å². The van der Waals surface area contributed by atoms with Gasteiger partial charge in [0, 0.05) is 43.3 Å². The number of alkyl halides is 7. The summed E-state index contributed by atoms with van der Waals surface area (Å²) in [5.74, 6) is -0.0267. The second-order valence-corrected chi connectivity index (χ2v) is 10.2. The van der Waals surface area contributed by atoms with E-state index in [0.29, 0.717) is 43.1 Å². The van der Waals surface area contributed by atoms with Gasteiger partial charge < -0.3 is 10.6 Å². The Balaban J connectivity index is 1.31. The normalized spacial score (nSPS) is 17.1. The number of halogens is 7. The number of urea groups is 1. The van der Waals surface area contributed by atoms with Crippen LogP contribution in [0.5, 0.6) is 0 Å². The van der Waals surface area contributed by atoms with Crippen molar-refractivity contribution in [3.8, 4) is 22.6 Å². The second-order valence-electron chi connectivity index (χ2n) is 10.2. The van der Waals surface area contributed by atoms with Crippen LogP contribution in [0.15, 0.2) is 43.2 Å². The molecule has 0 unspecified atom stereocenters. The third kappa shape index (κ3) is 7.46. The number of hydrogen-bond acceptors (Lipinski definition) is 8. The highest BCUT2D eigenvalue weighted by molar-refractivity contribution is 5.91. The third-order valence-corrected chi connectivity index (χ3v) is 7.05. The molecule has 240 valence electrons. The maximum atomic E-state index is 13.6. The first kappa shape index (κ1) is 31.6. The first-order chi connectivity index (χ1) is 21.4. The average molecular weight is 642 g/mol. The predicted octanol–water partition coefficient (Wildman–Crippen LogP) is 5.15. The molecule has 12 nitrogen and oxygen atoms in total. The third-order valence-electron chi connectivity index (χ3n) is 7.05. The van der Waals surface area contributed by atoms with Crippen LogP contribution in [-0.2, 0) is 13.2 Å². The standard InChI is InChI=1S/C26H26F7N11O/c1-42-13-14(8-38-42)19-10-35-21(12-34-19)44(25(45)37-11-20(27)28)16-4-2-15(3-5-16)39-24-36-9-17(26(31,32)33)22(40-24)18-6-7-43(41-18)23(29)30/h6-10,12-13,15-16,20,23H,2-5,11H2,1H3,(H,37,45)(H,36,39,40)/t15-,16-. The van der Waals surface area contributed by atoms with E-state index in [2.05, 4.69) is 40.8 Å². The van der Waals surface area contributed by atoms with Gasteiger partial charge in [0.25, 0.3) is 6.43 Å². The number of aromatic nitrogens is 8. The molecule has 1 aliphatic rings. The lowest BCUT2D eigenvalue weighted by atomic mass is 9.90. The highest BCUT2D eigenvalue weighted by Gasteiger charge is 2.37. The van der Waals surface area contributed by atoms with Crippen molar-refractivity contribution in [3.05, 3.63) is 48.8 Å². The SMILES string of the molecule is Cn1cc(-c2cnc(N(C(=O)NCC(F)F)[C@H]3CC[C@H](Nc4ncc(C(F)(F)F)c(-c5ccn(C(F)F)n5)n4)CC3)cn2)cn1. The van der Waals surface area contributed by atoms with Crippen LogP contribution in [0.3, 0.4) is 0 Å². The number of amides is 2. The van der Waals surface area contributed by atoms with Gasteiger partial charge in [0.15, 0.2) is 5.82 Å². The van der Waals surface area contributed by atoms with Gasteiger partial charge in [-0.2, -0.15) is 32.1 Å². The number of rotatable bonds is 9. The number of nitrogens with zero attached hydrogens (tertiary/aromatic N) is 9. The van der Waals surface area contributed by atoms with E-state index >= 15 is 0 Å². The molecule has 0 atom stereocenters. The van der Waals surface area contributed by atoms with E-state index in [4.69, 9.17) is 0 Å². The van der Waals surface area contributed by atoms with Crippen LogP contribution in [0.25, 0.3) is 22.6 Å². The topological polar surface area (TPSA) is 132 Å². The molecule has 45 heavy (non-hydrogen) atoms. The van der Waals surface area contributed by atoms with Crippen LogP contribution < -0.4 is 15.5 Å². The minimum absolute atomic E-state index is 0.143. The Labute approximate surface area is 250 Å². The molecule has 0 aromatic carbocycles. The van der Waals surface area contributed by atoms with Gasteiger partial charge in [0.05, 0.1) is 30.8 Å². The Bertz CT molecular complexity index is 1600. The summed E-state index contributed by atoms with van der Waals surface area (Å²) in [6, 6.07) is -0.594. The van der Waals surface area contributed by atoms with Crippen molar-refractivity contribution in [1.82, 2.24) is 44.8 Å². The average Bonchev–Trinajstić information content (AvgIpc) is 3.67. The maximum Gasteiger partial charge on any atom is 0.420 e. The van der Waals surface area contributed by atoms with Gasteiger partial charge in [-0.1, -0.05) is 0 Å². The zero-order chi connectivity index (χ0) is 32.3. The van der Waals surface area contributed by atoms with Crippen LogP contribution in [0.4, 0.5) is 47.3 Å². The minimum Gasteiger partial charge on any atom is -0.351 e. The minimum atomic E-state index is -4.87. The smallest absolute Gasteiger partial charge is 0.351 e. The van der Waals surface area contributed by atoms with Crippen molar-refractivity contribution in [1.29, 1.82) is 0 Å². The van der Waals surface area contributed by atoms with Crippen molar-refractivity contribution >= 4 is 17.8 Å². The molecule has 4 aromatic heterocycles. The van der Waals surface area contributed by atoms with Gasteiger partial charge >= 0.3 is 18.8 Å². The van der Waals surface area contributed by atoms with Crippen LogP contribution in [0, 0.1) is 0 Å². The fourth-order valence-corrected chi connectivity index (χ4v) is 4.94. The molecular weight excluding hydrogens is 615 g/mol. The number of aryl methyl sites for hydroxylation is 1. The summed E-state index contributed by atoms with van der Waals surface area (Å²) in [7, 11) is 1.74. The second kappa shape index (κ2) is 13.0. The molecule has 5 rings (SSSR count). The van der Waals surface area contributed by atoms with Gasteiger partial charge in [-0.3, -0.25) is 14.6 Å². The van der Waals surface area contributed by atoms with Crippen LogP contribution >= 0.6 is 0 Å². The molecule has 1 saturated carbocycles. The lowest BCUT2D eigenvalue weighted by Crippen LogP contribution is -2.50. The van der Waals surface area contributed by atoms with Gasteiger partial charge in [0.1, 0.15) is 17.0 Å². The molecule has 0 saturated heterocycles. The van der Waals surface area contributed by atoms with Gasteiger partial charge in [-0.25, -0.2) is 33.2 Å². The zero-order valence-corrected chi connectivity index (χ0v) is 23.5. The van der Waals surface area contributed by atoms with E-state index in [1.54, 1.807) is 24.1 Å². The molecule has 0 bridgehead atoms. The Morgan fingerprint density at radius 1 is 1.02 bits per heavy atom. The van der Waals surface area contributed by atoms with Gasteiger partial charge in [0.2, 0.25) is 5.95 Å². The molecule has 2 amide bonds. The van der Waals surface area contributed by atoms with E-state index in [0.717, 1.165) is 12.3 Å². The summed E-state index contributed by atoms with van der Waals surface area (Å²) >= 11 is 0. The lowest BCUT2D eigenvalue weighted by Gasteiger charge is -2.36. The summed E-state index contributed by atoms with van der Waals surface area (Å²) in [6.07, 6.45) is 1.38. The molecule has 4 heterocycles. The van der Waals surface area contributed by atoms with Gasteiger partial charge in [-0.15, -0.1) is 0 Å². The Hall–Kier alpha value is -4.84. The fraction of sp³-hybridized carbons (Fsp3) is 0.423. The van der Waals surface area contributed by atoms with Crippen LogP contribution in [0.2, 0.25) is 0 Å². The van der Waals surface area contributed by atoms with E-state index in [9.17, 15) is 35.5 Å². The molecule has 0 spiro atoms. The Kier molecular flexibility index (Phi) is 9.14. The summed E-state index contributed by atoms with van der Waals surface area (Å²) < 4.78 is 94.5. The number of carbonyl (C=O) groups is 1. The molecule has 2 N–H and O–H groups in total. The molecule has 19 heteroatoms. The van der Waals surface area contributed by atoms with Crippen molar-refractivity contribution in [2.24, 2.45) is 7.05 Å². The van der Waals surface area contributed by atoms with E-state index < -0.39 is 54.7 Å². The number of hydrogen-bond donors (Lipinski definition) is 2. The van der Waals surface area contributed by atoms with E-state index in [1.165, 1.54) is 17.3 Å². The quantitative estimate of drug-likeness (QED) is 0.240. The Morgan fingerprint density at radius 2 is 1.78 bits per heavy atom. The maximum absolute atomic E-state index is 13.6. The summed E-state index contributed by atoms with van der Waals surface area (Å²) in [6.45, 7) is -3.92. The highest BCUT2D eigenvalue weighted by Crippen LogP contribution is 2.36. The van der Waals surface area contributed by atoms with Gasteiger partial charge in [-0.05, 0) is 31.7 Å². The van der Waals surface area contributed by atoms with Crippen LogP contribution in [0.1, 0.15) is 37.8 Å². The Morgan fingerprint density at radius 3 is 2.36 bits per heavy atom. The molecular formula is C26H26F7N11O. The van der Waals surface area contributed by atoms with Crippen molar-refractivity contribution in [2.75, 3.05) is 16.8 Å². The molecule has 0 radical (unpaired) electrons. The summed E-state index contributed by atoms with van der Waals surface area (Å²) in [4.78, 5) is 30.7. The number of nitrogens with one attached hydrogen (secondary N) is 2. The lowest BCUT2D eigenvalue weighted by molar-refractivity contribution is -0.137. The molecule has 1 aliphatic carbocycles. The van der Waals surface area contributed by atoms with Crippen molar-refractivity contribution < 1.29 is 35.5 Å².